The first-order chi connectivity index (χ1) is 17.3. The molecule has 1 aromatic carbocycles. The Bertz CT molecular complexity index is 1150. The highest BCUT2D eigenvalue weighted by Gasteiger charge is 2.33. The summed E-state index contributed by atoms with van der Waals surface area (Å²) in [6, 6.07) is 1.86. The van der Waals surface area contributed by atoms with Gasteiger partial charge in [-0.2, -0.15) is 0 Å². The number of primary amides is 1. The zero-order valence-electron chi connectivity index (χ0n) is 20.9. The molecule has 0 aliphatic heterocycles. The lowest BCUT2D eigenvalue weighted by atomic mass is 10.0. The van der Waals surface area contributed by atoms with Gasteiger partial charge in [0, 0.05) is 23.5 Å². The molecule has 5 atom stereocenters. The van der Waals surface area contributed by atoms with Crippen molar-refractivity contribution < 1.29 is 34.2 Å². The number of carbonyl (C=O) groups excluding carboxylic acids is 4. The number of aliphatic carboxylic acids is 1. The van der Waals surface area contributed by atoms with Crippen molar-refractivity contribution in [3.05, 3.63) is 36.0 Å². The molecule has 13 nitrogen and oxygen atoms in total. The number of nitrogens with two attached hydrogens (primary N) is 2. The number of para-hydroxylation sites is 1. The van der Waals surface area contributed by atoms with Gasteiger partial charge in [-0.1, -0.05) is 32.0 Å². The quantitative estimate of drug-likeness (QED) is 0.155. The first kappa shape index (κ1) is 29.3. The lowest BCUT2D eigenvalue weighted by Gasteiger charge is -2.26. The van der Waals surface area contributed by atoms with E-state index >= 15 is 0 Å². The Labute approximate surface area is 213 Å². The van der Waals surface area contributed by atoms with E-state index in [9.17, 15) is 34.2 Å². The Balaban J connectivity index is 2.34. The number of rotatable bonds is 13. The average Bonchev–Trinajstić information content (AvgIpc) is 3.22. The van der Waals surface area contributed by atoms with Crippen LogP contribution in [-0.2, 0) is 30.4 Å². The smallest absolute Gasteiger partial charge is 0.328 e. The summed E-state index contributed by atoms with van der Waals surface area (Å²) < 4.78 is 0. The molecule has 2 aromatic rings. The fraction of sp³-hybridized carbons (Fsp3) is 0.458. The minimum Gasteiger partial charge on any atom is -0.480 e. The third-order valence-corrected chi connectivity index (χ3v) is 5.84. The number of carbonyl (C=O) groups is 5. The molecule has 4 amide bonds. The minimum absolute atomic E-state index is 0.0729. The van der Waals surface area contributed by atoms with E-state index in [1.807, 2.05) is 12.1 Å². The molecule has 5 unspecified atom stereocenters. The number of fused-ring (bicyclic) bond motifs is 1. The third-order valence-electron chi connectivity index (χ3n) is 5.84. The number of H-pyrrole nitrogens is 1. The SMILES string of the molecule is CC(C)C(N)C(=O)NC(CC(N)=O)C(=O)NC(Cc1c[nH]c2ccccc12)C(=O)NC(C(=O)O)C(C)O. The van der Waals surface area contributed by atoms with Crippen molar-refractivity contribution in [1.29, 1.82) is 0 Å². The predicted octanol–water partition coefficient (Wildman–Crippen LogP) is -1.51. The van der Waals surface area contributed by atoms with E-state index in [-0.39, 0.29) is 12.3 Å². The van der Waals surface area contributed by atoms with Crippen LogP contribution in [0.2, 0.25) is 0 Å². The molecule has 0 aliphatic carbocycles. The second-order valence-electron chi connectivity index (χ2n) is 9.19. The van der Waals surface area contributed by atoms with Gasteiger partial charge in [0.1, 0.15) is 12.1 Å². The summed E-state index contributed by atoms with van der Waals surface area (Å²) in [6.45, 7) is 4.61. The molecule has 0 saturated heterocycles. The lowest BCUT2D eigenvalue weighted by molar-refractivity contribution is -0.145. The number of aromatic amines is 1. The number of aliphatic hydroxyl groups excluding tert-OH is 1. The average molecular weight is 519 g/mol. The van der Waals surface area contributed by atoms with Crippen LogP contribution in [0.15, 0.2) is 30.5 Å². The van der Waals surface area contributed by atoms with E-state index < -0.39 is 66.3 Å². The van der Waals surface area contributed by atoms with Crippen molar-refractivity contribution in [3.8, 4) is 0 Å². The second-order valence-corrected chi connectivity index (χ2v) is 9.19. The summed E-state index contributed by atoms with van der Waals surface area (Å²) in [5.74, 6) is -5.08. The first-order valence-corrected chi connectivity index (χ1v) is 11.7. The number of hydrogen-bond donors (Lipinski definition) is 8. The molecule has 202 valence electrons. The van der Waals surface area contributed by atoms with E-state index in [2.05, 4.69) is 20.9 Å². The molecule has 1 aromatic heterocycles. The first-order valence-electron chi connectivity index (χ1n) is 11.7. The number of nitrogens with one attached hydrogen (secondary N) is 4. The Kier molecular flexibility index (Phi) is 10.1. The van der Waals surface area contributed by atoms with Crippen molar-refractivity contribution in [2.75, 3.05) is 0 Å². The Morgan fingerprint density at radius 3 is 2.11 bits per heavy atom. The largest absolute Gasteiger partial charge is 0.480 e. The van der Waals surface area contributed by atoms with E-state index in [0.29, 0.717) is 5.56 Å². The van der Waals surface area contributed by atoms with Crippen LogP contribution in [0.3, 0.4) is 0 Å². The van der Waals surface area contributed by atoms with Gasteiger partial charge in [0.25, 0.3) is 0 Å². The maximum absolute atomic E-state index is 13.1. The van der Waals surface area contributed by atoms with E-state index in [4.69, 9.17) is 11.5 Å². The maximum atomic E-state index is 13.1. The van der Waals surface area contributed by atoms with Gasteiger partial charge in [0.05, 0.1) is 18.6 Å². The van der Waals surface area contributed by atoms with Crippen LogP contribution in [0.5, 0.6) is 0 Å². The molecule has 0 fully saturated rings. The van der Waals surface area contributed by atoms with Gasteiger partial charge < -0.3 is 42.6 Å². The number of carboxylic acid groups (broad SMARTS) is 1. The van der Waals surface area contributed by atoms with E-state index in [1.165, 1.54) is 6.92 Å². The van der Waals surface area contributed by atoms with Gasteiger partial charge in [0.2, 0.25) is 23.6 Å². The molecule has 0 aliphatic rings. The van der Waals surface area contributed by atoms with Gasteiger partial charge >= 0.3 is 5.97 Å². The van der Waals surface area contributed by atoms with Crippen molar-refractivity contribution in [1.82, 2.24) is 20.9 Å². The van der Waals surface area contributed by atoms with Crippen LogP contribution in [0.4, 0.5) is 0 Å². The summed E-state index contributed by atoms with van der Waals surface area (Å²) in [5.41, 5.74) is 12.5. The number of aliphatic hydroxyl groups is 1. The van der Waals surface area contributed by atoms with Crippen LogP contribution in [-0.4, -0.2) is 75.1 Å². The highest BCUT2D eigenvalue weighted by Crippen LogP contribution is 2.19. The van der Waals surface area contributed by atoms with Crippen molar-refractivity contribution in [2.45, 2.75) is 63.9 Å². The maximum Gasteiger partial charge on any atom is 0.328 e. The molecule has 0 bridgehead atoms. The van der Waals surface area contributed by atoms with Gasteiger partial charge in [-0.15, -0.1) is 0 Å². The Morgan fingerprint density at radius 1 is 0.946 bits per heavy atom. The summed E-state index contributed by atoms with van der Waals surface area (Å²) >= 11 is 0. The highest BCUT2D eigenvalue weighted by atomic mass is 16.4. The topological polar surface area (TPSA) is 230 Å². The molecular formula is C24H34N6O7. The van der Waals surface area contributed by atoms with Crippen LogP contribution >= 0.6 is 0 Å². The van der Waals surface area contributed by atoms with Gasteiger partial charge in [-0.3, -0.25) is 19.2 Å². The third kappa shape index (κ3) is 8.02. The van der Waals surface area contributed by atoms with E-state index in [1.54, 1.807) is 32.2 Å². The number of aromatic nitrogens is 1. The van der Waals surface area contributed by atoms with Crippen molar-refractivity contribution in [2.24, 2.45) is 17.4 Å². The van der Waals surface area contributed by atoms with Crippen LogP contribution < -0.4 is 27.4 Å². The lowest BCUT2D eigenvalue weighted by Crippen LogP contribution is -2.59. The summed E-state index contributed by atoms with van der Waals surface area (Å²) in [6.07, 6.45) is -0.415. The fourth-order valence-electron chi connectivity index (χ4n) is 3.63. The number of amides is 4. The minimum atomic E-state index is -1.64. The Morgan fingerprint density at radius 2 is 1.54 bits per heavy atom. The Hall–Kier alpha value is -3.97. The standard InChI is InChI=1S/C24H34N6O7/c1-11(2)19(26)23(35)29-17(9-18(25)32)21(33)28-16(22(34)30-20(12(3)31)24(36)37)8-13-10-27-15-7-5-4-6-14(13)15/h4-7,10-12,16-17,19-20,27,31H,8-9,26H2,1-3H3,(H2,25,32)(H,28,33)(H,29,35)(H,30,34)(H,36,37). The number of benzene rings is 1. The summed E-state index contributed by atoms with van der Waals surface area (Å²) in [5, 5.41) is 27.0. The number of carboxylic acids is 1. The molecule has 2 rings (SSSR count). The van der Waals surface area contributed by atoms with Crippen molar-refractivity contribution in [3.63, 3.8) is 0 Å². The molecule has 0 spiro atoms. The molecule has 1 heterocycles. The fourth-order valence-corrected chi connectivity index (χ4v) is 3.63. The predicted molar refractivity (Wildman–Crippen MR) is 134 cm³/mol. The number of hydrogen-bond acceptors (Lipinski definition) is 7. The van der Waals surface area contributed by atoms with Crippen molar-refractivity contribution >= 4 is 40.5 Å². The highest BCUT2D eigenvalue weighted by molar-refractivity contribution is 5.96. The monoisotopic (exact) mass is 518 g/mol. The zero-order valence-corrected chi connectivity index (χ0v) is 20.9. The van der Waals surface area contributed by atoms with Gasteiger partial charge in [-0.05, 0) is 24.5 Å². The molecule has 10 N–H and O–H groups in total. The van der Waals surface area contributed by atoms with Gasteiger partial charge in [0.15, 0.2) is 6.04 Å². The second kappa shape index (κ2) is 12.8. The molecule has 13 heteroatoms. The molecule has 0 radical (unpaired) electrons. The van der Waals surface area contributed by atoms with Crippen LogP contribution in [0.1, 0.15) is 32.8 Å². The van der Waals surface area contributed by atoms with Crippen LogP contribution in [0.25, 0.3) is 10.9 Å². The molecular weight excluding hydrogens is 484 g/mol. The van der Waals surface area contributed by atoms with Crippen LogP contribution in [0, 0.1) is 5.92 Å². The normalized spacial score (nSPS) is 15.3. The molecule has 37 heavy (non-hydrogen) atoms. The van der Waals surface area contributed by atoms with E-state index in [0.717, 1.165) is 10.9 Å². The zero-order chi connectivity index (χ0) is 27.9. The summed E-state index contributed by atoms with van der Waals surface area (Å²) in [7, 11) is 0. The van der Waals surface area contributed by atoms with Gasteiger partial charge in [-0.25, -0.2) is 4.79 Å². The molecule has 0 saturated carbocycles. The summed E-state index contributed by atoms with van der Waals surface area (Å²) in [4.78, 5) is 64.9.